The molecule has 1 saturated carbocycles. The SMILES string of the molecule is O=C1CNC(c2ccoc2)N1C1CC1. The Morgan fingerprint density at radius 3 is 3.00 bits per heavy atom. The first-order valence-corrected chi connectivity index (χ1v) is 4.93. The van der Waals surface area contributed by atoms with Crippen molar-refractivity contribution >= 4 is 5.91 Å². The average Bonchev–Trinajstić information content (AvgIpc) is 2.75. The molecule has 74 valence electrons. The Kier molecular flexibility index (Phi) is 1.64. The van der Waals surface area contributed by atoms with E-state index in [4.69, 9.17) is 4.42 Å². The summed E-state index contributed by atoms with van der Waals surface area (Å²) in [5, 5.41) is 3.20. The molecule has 1 amide bonds. The fourth-order valence-corrected chi connectivity index (χ4v) is 1.99. The van der Waals surface area contributed by atoms with Crippen LogP contribution >= 0.6 is 0 Å². The Hall–Kier alpha value is -1.29. The molecule has 1 aliphatic carbocycles. The summed E-state index contributed by atoms with van der Waals surface area (Å²) in [5.74, 6) is 0.207. The summed E-state index contributed by atoms with van der Waals surface area (Å²) in [5.41, 5.74) is 1.04. The first-order chi connectivity index (χ1) is 6.86. The fourth-order valence-electron chi connectivity index (χ4n) is 1.99. The minimum atomic E-state index is 0.0359. The van der Waals surface area contributed by atoms with Crippen LogP contribution in [-0.2, 0) is 4.79 Å². The second-order valence-electron chi connectivity index (χ2n) is 3.87. The van der Waals surface area contributed by atoms with E-state index in [2.05, 4.69) is 5.32 Å². The molecule has 1 saturated heterocycles. The maximum atomic E-state index is 11.6. The number of carbonyl (C=O) groups is 1. The fraction of sp³-hybridized carbons (Fsp3) is 0.500. The highest BCUT2D eigenvalue weighted by atomic mass is 16.3. The van der Waals surface area contributed by atoms with Crippen molar-refractivity contribution in [3.63, 3.8) is 0 Å². The van der Waals surface area contributed by atoms with Crippen molar-refractivity contribution in [1.29, 1.82) is 0 Å². The Bertz CT molecular complexity index is 343. The van der Waals surface area contributed by atoms with Crippen LogP contribution in [0.5, 0.6) is 0 Å². The van der Waals surface area contributed by atoms with Gasteiger partial charge in [0, 0.05) is 11.6 Å². The van der Waals surface area contributed by atoms with Gasteiger partial charge in [0.05, 0.1) is 19.1 Å². The van der Waals surface area contributed by atoms with Gasteiger partial charge in [-0.1, -0.05) is 0 Å². The van der Waals surface area contributed by atoms with Crippen LogP contribution in [0.4, 0.5) is 0 Å². The van der Waals surface area contributed by atoms with Crippen LogP contribution in [0.2, 0.25) is 0 Å². The number of carbonyl (C=O) groups excluding carboxylic acids is 1. The van der Waals surface area contributed by atoms with Crippen molar-refractivity contribution < 1.29 is 9.21 Å². The third-order valence-corrected chi connectivity index (χ3v) is 2.81. The van der Waals surface area contributed by atoms with Gasteiger partial charge in [-0.25, -0.2) is 0 Å². The molecule has 0 radical (unpaired) electrons. The number of amides is 1. The number of furan rings is 1. The lowest BCUT2D eigenvalue weighted by Crippen LogP contribution is -2.31. The standard InChI is InChI=1S/C10H12N2O2/c13-9-5-11-10(7-3-4-14-6-7)12(9)8-1-2-8/h3-4,6,8,10-11H,1-2,5H2. The number of hydrogen-bond donors (Lipinski definition) is 1. The molecule has 4 heteroatoms. The monoisotopic (exact) mass is 192 g/mol. The highest BCUT2D eigenvalue weighted by Crippen LogP contribution is 2.35. The number of nitrogens with zero attached hydrogens (tertiary/aromatic N) is 1. The van der Waals surface area contributed by atoms with E-state index in [1.54, 1.807) is 12.5 Å². The van der Waals surface area contributed by atoms with E-state index >= 15 is 0 Å². The Morgan fingerprint density at radius 1 is 1.50 bits per heavy atom. The van der Waals surface area contributed by atoms with E-state index < -0.39 is 0 Å². The van der Waals surface area contributed by atoms with Crippen molar-refractivity contribution in [2.24, 2.45) is 0 Å². The molecular formula is C10H12N2O2. The molecule has 2 heterocycles. The molecule has 2 aliphatic rings. The zero-order valence-corrected chi connectivity index (χ0v) is 7.77. The van der Waals surface area contributed by atoms with Crippen molar-refractivity contribution in [3.05, 3.63) is 24.2 Å². The van der Waals surface area contributed by atoms with Crippen molar-refractivity contribution in [3.8, 4) is 0 Å². The predicted octanol–water partition coefficient (Wildman–Crippen LogP) is 0.872. The van der Waals surface area contributed by atoms with Crippen molar-refractivity contribution in [2.75, 3.05) is 6.54 Å². The molecule has 2 fully saturated rings. The highest BCUT2D eigenvalue weighted by Gasteiger charge is 2.41. The average molecular weight is 192 g/mol. The first kappa shape index (κ1) is 8.05. The molecule has 14 heavy (non-hydrogen) atoms. The van der Waals surface area contributed by atoms with Gasteiger partial charge in [-0.05, 0) is 18.9 Å². The molecule has 1 unspecified atom stereocenters. The van der Waals surface area contributed by atoms with Gasteiger partial charge in [0.25, 0.3) is 0 Å². The molecular weight excluding hydrogens is 180 g/mol. The highest BCUT2D eigenvalue weighted by molar-refractivity contribution is 5.81. The lowest BCUT2D eigenvalue weighted by Gasteiger charge is -2.22. The summed E-state index contributed by atoms with van der Waals surface area (Å²) in [6, 6.07) is 2.36. The molecule has 1 aromatic rings. The molecule has 1 atom stereocenters. The van der Waals surface area contributed by atoms with Gasteiger partial charge in [-0.15, -0.1) is 0 Å². The van der Waals surface area contributed by atoms with E-state index in [0.717, 1.165) is 18.4 Å². The summed E-state index contributed by atoms with van der Waals surface area (Å²) >= 11 is 0. The Balaban J connectivity index is 1.88. The summed E-state index contributed by atoms with van der Waals surface area (Å²) in [4.78, 5) is 13.5. The summed E-state index contributed by atoms with van der Waals surface area (Å²) < 4.78 is 5.03. The Labute approximate surface area is 81.9 Å². The van der Waals surface area contributed by atoms with Crippen LogP contribution in [0.1, 0.15) is 24.6 Å². The molecule has 0 spiro atoms. The minimum absolute atomic E-state index is 0.0359. The smallest absolute Gasteiger partial charge is 0.238 e. The lowest BCUT2D eigenvalue weighted by atomic mass is 10.2. The van der Waals surface area contributed by atoms with Gasteiger partial charge in [-0.3, -0.25) is 10.1 Å². The lowest BCUT2D eigenvalue weighted by molar-refractivity contribution is -0.128. The maximum Gasteiger partial charge on any atom is 0.238 e. The summed E-state index contributed by atoms with van der Waals surface area (Å²) in [6.07, 6.45) is 5.66. The normalized spacial score (nSPS) is 27.3. The largest absolute Gasteiger partial charge is 0.472 e. The first-order valence-electron chi connectivity index (χ1n) is 4.93. The van der Waals surface area contributed by atoms with Gasteiger partial charge in [0.2, 0.25) is 5.91 Å². The molecule has 1 aliphatic heterocycles. The van der Waals surface area contributed by atoms with Crippen LogP contribution < -0.4 is 5.32 Å². The molecule has 3 rings (SSSR count). The van der Waals surface area contributed by atoms with Gasteiger partial charge >= 0.3 is 0 Å². The molecule has 4 nitrogen and oxygen atoms in total. The molecule has 0 aromatic carbocycles. The predicted molar refractivity (Wildman–Crippen MR) is 49.3 cm³/mol. The van der Waals surface area contributed by atoms with E-state index in [1.165, 1.54) is 0 Å². The third-order valence-electron chi connectivity index (χ3n) is 2.81. The molecule has 1 aromatic heterocycles. The van der Waals surface area contributed by atoms with Gasteiger partial charge in [-0.2, -0.15) is 0 Å². The van der Waals surface area contributed by atoms with Crippen LogP contribution in [-0.4, -0.2) is 23.4 Å². The van der Waals surface area contributed by atoms with Crippen molar-refractivity contribution in [2.45, 2.75) is 25.0 Å². The van der Waals surface area contributed by atoms with Crippen LogP contribution in [0.3, 0.4) is 0 Å². The van der Waals surface area contributed by atoms with E-state index in [-0.39, 0.29) is 12.1 Å². The van der Waals surface area contributed by atoms with E-state index in [0.29, 0.717) is 12.6 Å². The summed E-state index contributed by atoms with van der Waals surface area (Å²) in [7, 11) is 0. The van der Waals surface area contributed by atoms with E-state index in [9.17, 15) is 4.79 Å². The quantitative estimate of drug-likeness (QED) is 0.756. The number of hydrogen-bond acceptors (Lipinski definition) is 3. The molecule has 1 N–H and O–H groups in total. The van der Waals surface area contributed by atoms with Gasteiger partial charge in [0.15, 0.2) is 0 Å². The zero-order valence-electron chi connectivity index (χ0n) is 7.77. The second kappa shape index (κ2) is 2.85. The maximum absolute atomic E-state index is 11.6. The van der Waals surface area contributed by atoms with Crippen LogP contribution in [0, 0.1) is 0 Å². The van der Waals surface area contributed by atoms with Crippen molar-refractivity contribution in [1.82, 2.24) is 10.2 Å². The topological polar surface area (TPSA) is 45.5 Å². The summed E-state index contributed by atoms with van der Waals surface area (Å²) in [6.45, 7) is 0.451. The molecule has 0 bridgehead atoms. The zero-order chi connectivity index (χ0) is 9.54. The Morgan fingerprint density at radius 2 is 2.36 bits per heavy atom. The van der Waals surface area contributed by atoms with Crippen LogP contribution in [0.15, 0.2) is 23.0 Å². The van der Waals surface area contributed by atoms with Gasteiger partial charge < -0.3 is 9.32 Å². The van der Waals surface area contributed by atoms with E-state index in [1.807, 2.05) is 11.0 Å². The number of rotatable bonds is 2. The minimum Gasteiger partial charge on any atom is -0.472 e. The van der Waals surface area contributed by atoms with Gasteiger partial charge in [0.1, 0.15) is 6.17 Å². The second-order valence-corrected chi connectivity index (χ2v) is 3.87. The number of nitrogens with one attached hydrogen (secondary N) is 1. The van der Waals surface area contributed by atoms with Crippen LogP contribution in [0.25, 0.3) is 0 Å². The third kappa shape index (κ3) is 1.14.